The van der Waals surface area contributed by atoms with Crippen molar-refractivity contribution in [1.29, 1.82) is 0 Å². The first-order valence-corrected chi connectivity index (χ1v) is 14.0. The average Bonchev–Trinajstić information content (AvgIpc) is 3.23. The lowest BCUT2D eigenvalue weighted by atomic mass is 10.0. The Morgan fingerprint density at radius 3 is 2.49 bits per heavy atom. The monoisotopic (exact) mass is 563 g/mol. The number of aryl methyl sites for hydroxylation is 1. The molecule has 0 spiro atoms. The van der Waals surface area contributed by atoms with E-state index in [4.69, 9.17) is 4.74 Å². The molecule has 0 radical (unpaired) electrons. The number of sulfonamides is 1. The van der Waals surface area contributed by atoms with Crippen molar-refractivity contribution in [3.63, 3.8) is 0 Å². The molecule has 14 heteroatoms. The quantitative estimate of drug-likeness (QED) is 0.261. The molecule has 0 aliphatic rings. The number of methoxy groups -OCH3 is 1. The van der Waals surface area contributed by atoms with Crippen LogP contribution >= 0.6 is 0 Å². The maximum atomic E-state index is 13.2. The summed E-state index contributed by atoms with van der Waals surface area (Å²) >= 11 is 0. The minimum Gasteiger partial charge on any atom is -0.493 e. The van der Waals surface area contributed by atoms with Crippen LogP contribution in [0.1, 0.15) is 63.9 Å². The van der Waals surface area contributed by atoms with E-state index < -0.39 is 33.6 Å². The van der Waals surface area contributed by atoms with Gasteiger partial charge in [-0.05, 0) is 51.3 Å². The molecule has 3 aromatic rings. The summed E-state index contributed by atoms with van der Waals surface area (Å²) in [7, 11) is -3.23. The molecule has 39 heavy (non-hydrogen) atoms. The van der Waals surface area contributed by atoms with Crippen molar-refractivity contribution in [3.05, 3.63) is 40.1 Å². The molecule has 13 nitrogen and oxygen atoms in total. The highest BCUT2D eigenvalue weighted by molar-refractivity contribution is 7.89. The molecule has 1 atom stereocenters. The number of rotatable bonds is 13. The molecular weight excluding hydrogens is 530 g/mol. The lowest BCUT2D eigenvalue weighted by molar-refractivity contribution is -0.142. The summed E-state index contributed by atoms with van der Waals surface area (Å²) < 4.78 is 40.2. The number of carboxylic acid groups (broad SMARTS) is 1. The summed E-state index contributed by atoms with van der Waals surface area (Å²) in [5.41, 5.74) is 0.542. The zero-order valence-electron chi connectivity index (χ0n) is 22.5. The molecule has 2 aromatic heterocycles. The summed E-state index contributed by atoms with van der Waals surface area (Å²) in [6.45, 7) is 7.76. The van der Waals surface area contributed by atoms with Crippen LogP contribution in [-0.4, -0.2) is 64.8 Å². The molecule has 0 saturated heterocycles. The fraction of sp³-hybridized carbons (Fsp3) is 0.480. The SMILES string of the molecule is CCOc1ccc(S(=O)(=O)NC(CCC(=O)OC)C(=O)O)cc1-c1nn2c(C(CC)CC)nc(C)c2c(=O)[nH]1. The third kappa shape index (κ3) is 6.45. The molecular formula is C25H33N5O8S. The first kappa shape index (κ1) is 29.8. The lowest BCUT2D eigenvalue weighted by Gasteiger charge is -2.16. The van der Waals surface area contributed by atoms with E-state index >= 15 is 0 Å². The Kier molecular flexibility index (Phi) is 9.45. The molecule has 1 aromatic carbocycles. The summed E-state index contributed by atoms with van der Waals surface area (Å²) in [6, 6.07) is 2.33. The molecule has 3 rings (SSSR count). The number of nitrogens with zero attached hydrogens (tertiary/aromatic N) is 3. The zero-order valence-corrected chi connectivity index (χ0v) is 23.3. The molecule has 0 fully saturated rings. The third-order valence-electron chi connectivity index (χ3n) is 6.33. The number of hydrogen-bond donors (Lipinski definition) is 3. The number of H-pyrrole nitrogens is 1. The summed E-state index contributed by atoms with van der Waals surface area (Å²) in [5.74, 6) is -1.13. The predicted octanol–water partition coefficient (Wildman–Crippen LogP) is 2.38. The predicted molar refractivity (Wildman–Crippen MR) is 141 cm³/mol. The highest BCUT2D eigenvalue weighted by Crippen LogP contribution is 2.31. The van der Waals surface area contributed by atoms with Crippen LogP contribution in [-0.2, 0) is 24.3 Å². The average molecular weight is 564 g/mol. The second-order valence-corrected chi connectivity index (χ2v) is 10.6. The fourth-order valence-electron chi connectivity index (χ4n) is 4.23. The number of carbonyl (C=O) groups is 2. The zero-order chi connectivity index (χ0) is 28.9. The number of hydrogen-bond acceptors (Lipinski definition) is 9. The van der Waals surface area contributed by atoms with Crippen molar-refractivity contribution in [2.75, 3.05) is 13.7 Å². The minimum absolute atomic E-state index is 0.0496. The number of imidazole rings is 1. The Labute approximate surface area is 225 Å². The second kappa shape index (κ2) is 12.4. The standard InChI is InChI=1S/C25H33N5O8S/c1-6-15(7-2)23-26-14(4)21-24(32)27-22(28-30(21)23)17-13-16(9-11-19(17)38-8-3)39(35,36)29-18(25(33)34)10-12-20(31)37-5/h9,11,13,15,18,29H,6-8,10,12H2,1-5H3,(H,33,34)(H,27,28,32). The number of carbonyl (C=O) groups excluding carboxylic acids is 1. The molecule has 3 N–H and O–H groups in total. The Morgan fingerprint density at radius 1 is 1.21 bits per heavy atom. The van der Waals surface area contributed by atoms with Crippen LogP contribution in [0.2, 0.25) is 0 Å². The number of aromatic amines is 1. The number of benzene rings is 1. The number of fused-ring (bicyclic) bond motifs is 1. The van der Waals surface area contributed by atoms with Gasteiger partial charge >= 0.3 is 11.9 Å². The number of aliphatic carboxylic acids is 1. The van der Waals surface area contributed by atoms with Crippen molar-refractivity contribution < 1.29 is 32.6 Å². The van der Waals surface area contributed by atoms with Crippen LogP contribution in [0.25, 0.3) is 16.9 Å². The van der Waals surface area contributed by atoms with Gasteiger partial charge in [-0.25, -0.2) is 17.9 Å². The van der Waals surface area contributed by atoms with Gasteiger partial charge in [0.25, 0.3) is 5.56 Å². The second-order valence-electron chi connectivity index (χ2n) is 8.85. The van der Waals surface area contributed by atoms with Crippen LogP contribution in [0, 0.1) is 6.92 Å². The van der Waals surface area contributed by atoms with Gasteiger partial charge in [0.1, 0.15) is 17.6 Å². The summed E-state index contributed by atoms with van der Waals surface area (Å²) in [6.07, 6.45) is 0.959. The van der Waals surface area contributed by atoms with Gasteiger partial charge in [0.15, 0.2) is 11.3 Å². The molecule has 0 aliphatic heterocycles. The lowest BCUT2D eigenvalue weighted by Crippen LogP contribution is -2.41. The van der Waals surface area contributed by atoms with Crippen LogP contribution in [0.15, 0.2) is 27.9 Å². The smallest absolute Gasteiger partial charge is 0.321 e. The number of aromatic nitrogens is 4. The van der Waals surface area contributed by atoms with Gasteiger partial charge < -0.3 is 19.6 Å². The van der Waals surface area contributed by atoms with Crippen LogP contribution in [0.4, 0.5) is 0 Å². The van der Waals surface area contributed by atoms with E-state index in [9.17, 15) is 27.9 Å². The van der Waals surface area contributed by atoms with E-state index in [-0.39, 0.29) is 47.4 Å². The summed E-state index contributed by atoms with van der Waals surface area (Å²) in [5, 5.41) is 14.1. The van der Waals surface area contributed by atoms with Gasteiger partial charge in [-0.1, -0.05) is 13.8 Å². The maximum Gasteiger partial charge on any atom is 0.321 e. The molecule has 0 aliphatic carbocycles. The first-order valence-electron chi connectivity index (χ1n) is 12.6. The van der Waals surface area contributed by atoms with Gasteiger partial charge in [0.05, 0.1) is 29.9 Å². The maximum absolute atomic E-state index is 13.2. The van der Waals surface area contributed by atoms with Crippen LogP contribution in [0.3, 0.4) is 0 Å². The van der Waals surface area contributed by atoms with Gasteiger partial charge in [0.2, 0.25) is 10.0 Å². The normalized spacial score (nSPS) is 12.6. The Balaban J connectivity index is 2.13. The number of esters is 1. The number of nitrogens with one attached hydrogen (secondary N) is 2. The molecule has 0 bridgehead atoms. The van der Waals surface area contributed by atoms with Crippen LogP contribution in [0.5, 0.6) is 5.75 Å². The topological polar surface area (TPSA) is 182 Å². The van der Waals surface area contributed by atoms with Crippen molar-refractivity contribution in [3.8, 4) is 17.1 Å². The molecule has 2 heterocycles. The van der Waals surface area contributed by atoms with Crippen molar-refractivity contribution in [2.24, 2.45) is 0 Å². The van der Waals surface area contributed by atoms with Gasteiger partial charge in [0, 0.05) is 12.3 Å². The Morgan fingerprint density at radius 2 is 1.90 bits per heavy atom. The van der Waals surface area contributed by atoms with E-state index in [1.165, 1.54) is 22.7 Å². The van der Waals surface area contributed by atoms with Crippen molar-refractivity contribution in [2.45, 2.75) is 70.2 Å². The van der Waals surface area contributed by atoms with Crippen molar-refractivity contribution in [1.82, 2.24) is 24.3 Å². The number of carboxylic acids is 1. The Hall–Kier alpha value is -3.78. The summed E-state index contributed by atoms with van der Waals surface area (Å²) in [4.78, 5) is 43.2. The van der Waals surface area contributed by atoms with Gasteiger partial charge in [-0.2, -0.15) is 4.72 Å². The molecule has 1 unspecified atom stereocenters. The Bertz CT molecular complexity index is 1530. The van der Waals surface area contributed by atoms with E-state index in [1.807, 2.05) is 13.8 Å². The van der Waals surface area contributed by atoms with E-state index in [0.717, 1.165) is 20.0 Å². The molecule has 212 valence electrons. The van der Waals surface area contributed by atoms with Gasteiger partial charge in [-0.15, -0.1) is 5.10 Å². The van der Waals surface area contributed by atoms with E-state index in [2.05, 4.69) is 24.5 Å². The fourth-order valence-corrected chi connectivity index (χ4v) is 5.48. The molecule has 0 saturated carbocycles. The van der Waals surface area contributed by atoms with Crippen molar-refractivity contribution >= 4 is 27.5 Å². The first-order chi connectivity index (χ1) is 18.5. The minimum atomic E-state index is -4.38. The molecule has 0 amide bonds. The van der Waals surface area contributed by atoms with E-state index in [1.54, 1.807) is 13.8 Å². The van der Waals surface area contributed by atoms with Crippen LogP contribution < -0.4 is 15.0 Å². The highest BCUT2D eigenvalue weighted by Gasteiger charge is 2.28. The highest BCUT2D eigenvalue weighted by atomic mass is 32.2. The van der Waals surface area contributed by atoms with Gasteiger partial charge in [-0.3, -0.25) is 14.4 Å². The van der Waals surface area contributed by atoms with E-state index in [0.29, 0.717) is 17.0 Å². The third-order valence-corrected chi connectivity index (χ3v) is 7.80. The number of ether oxygens (including phenoxy) is 2. The largest absolute Gasteiger partial charge is 0.493 e.